The van der Waals surface area contributed by atoms with Crippen molar-refractivity contribution >= 4 is 68.8 Å². The molecule has 156 valence electrons. The minimum atomic E-state index is -0.433. The molecule has 3 aromatic carbocycles. The molecule has 1 aliphatic heterocycles. The molecule has 3 aromatic rings. The highest BCUT2D eigenvalue weighted by Gasteiger charge is 2.23. The van der Waals surface area contributed by atoms with Crippen molar-refractivity contribution in [3.05, 3.63) is 80.7 Å². The molecule has 5 nitrogen and oxygen atoms in total. The lowest BCUT2D eigenvalue weighted by Gasteiger charge is -2.12. The summed E-state index contributed by atoms with van der Waals surface area (Å²) in [6.07, 6.45) is 1.62. The fraction of sp³-hybridized carbons (Fsp3) is 0.0870. The van der Waals surface area contributed by atoms with Gasteiger partial charge >= 0.3 is 0 Å². The van der Waals surface area contributed by atoms with E-state index in [0.29, 0.717) is 32.9 Å². The van der Waals surface area contributed by atoms with Crippen molar-refractivity contribution in [1.29, 1.82) is 0 Å². The van der Waals surface area contributed by atoms with Crippen LogP contribution >= 0.6 is 35.0 Å². The van der Waals surface area contributed by atoms with Crippen LogP contribution in [0, 0.1) is 0 Å². The number of nitrogens with one attached hydrogen (secondary N) is 1. The Morgan fingerprint density at radius 1 is 1.13 bits per heavy atom. The van der Waals surface area contributed by atoms with Crippen LogP contribution in [0.3, 0.4) is 0 Å². The Balaban J connectivity index is 1.53. The molecule has 0 spiro atoms. The number of amides is 2. The number of rotatable bonds is 4. The average Bonchev–Trinajstić information content (AvgIpc) is 3.05. The summed E-state index contributed by atoms with van der Waals surface area (Å²) in [7, 11) is 0. The van der Waals surface area contributed by atoms with Gasteiger partial charge in [-0.15, -0.1) is 0 Å². The summed E-state index contributed by atoms with van der Waals surface area (Å²) in [5, 5.41) is 5.64. The number of hydrogen-bond acceptors (Lipinski definition) is 4. The second kappa shape index (κ2) is 9.14. The largest absolute Gasteiger partial charge is 0.486 e. The Labute approximate surface area is 193 Å². The van der Waals surface area contributed by atoms with Crippen molar-refractivity contribution in [2.75, 3.05) is 0 Å². The highest BCUT2D eigenvalue weighted by Crippen LogP contribution is 2.37. The van der Waals surface area contributed by atoms with E-state index >= 15 is 0 Å². The molecule has 2 amide bonds. The molecule has 0 aliphatic carbocycles. The quantitative estimate of drug-likeness (QED) is 0.486. The summed E-state index contributed by atoms with van der Waals surface area (Å²) in [5.74, 6) is -0.352. The SMILES string of the molecule is CC(=O)NC1=NC(=O)/C(=C\c2cc(Cl)c(OCc3cccc4ccccc34)c(Cl)c2)S1. The van der Waals surface area contributed by atoms with E-state index in [0.717, 1.165) is 28.1 Å². The van der Waals surface area contributed by atoms with Crippen molar-refractivity contribution in [2.24, 2.45) is 4.99 Å². The van der Waals surface area contributed by atoms with Crippen molar-refractivity contribution in [3.8, 4) is 5.75 Å². The second-order valence-corrected chi connectivity index (χ2v) is 8.60. The minimum absolute atomic E-state index is 0.246. The first-order chi connectivity index (χ1) is 14.9. The lowest BCUT2D eigenvalue weighted by Crippen LogP contribution is -2.23. The first-order valence-electron chi connectivity index (χ1n) is 9.29. The number of carbonyl (C=O) groups is 2. The third-order valence-corrected chi connectivity index (χ3v) is 5.93. The lowest BCUT2D eigenvalue weighted by molar-refractivity contribution is -0.117. The van der Waals surface area contributed by atoms with Gasteiger partial charge in [-0.1, -0.05) is 65.7 Å². The number of fused-ring (bicyclic) bond motifs is 1. The summed E-state index contributed by atoms with van der Waals surface area (Å²) >= 11 is 13.9. The maximum Gasteiger partial charge on any atom is 0.286 e. The van der Waals surface area contributed by atoms with Gasteiger partial charge in [0.2, 0.25) is 5.91 Å². The van der Waals surface area contributed by atoms with Crippen LogP contribution in [0.2, 0.25) is 10.0 Å². The maximum atomic E-state index is 12.1. The third kappa shape index (κ3) is 4.93. The van der Waals surface area contributed by atoms with Crippen LogP contribution in [0.4, 0.5) is 0 Å². The second-order valence-electron chi connectivity index (χ2n) is 6.75. The van der Waals surface area contributed by atoms with Crippen LogP contribution in [0.1, 0.15) is 18.1 Å². The average molecular weight is 471 g/mol. The number of ether oxygens (including phenoxy) is 1. The Bertz CT molecular complexity index is 1240. The molecule has 0 saturated heterocycles. The van der Waals surface area contributed by atoms with Crippen LogP contribution in [-0.4, -0.2) is 17.0 Å². The third-order valence-electron chi connectivity index (χ3n) is 4.47. The van der Waals surface area contributed by atoms with Crippen LogP contribution in [0.5, 0.6) is 5.75 Å². The van der Waals surface area contributed by atoms with E-state index in [1.807, 2.05) is 42.5 Å². The highest BCUT2D eigenvalue weighted by atomic mass is 35.5. The van der Waals surface area contributed by atoms with Crippen LogP contribution in [0.25, 0.3) is 16.8 Å². The van der Waals surface area contributed by atoms with Gasteiger partial charge in [0.25, 0.3) is 5.91 Å². The van der Waals surface area contributed by atoms with Gasteiger partial charge in [-0.2, -0.15) is 4.99 Å². The summed E-state index contributed by atoms with van der Waals surface area (Å²) in [6, 6.07) is 17.4. The summed E-state index contributed by atoms with van der Waals surface area (Å²) in [6.45, 7) is 1.66. The van der Waals surface area contributed by atoms with Crippen molar-refractivity contribution in [3.63, 3.8) is 0 Å². The number of thioether (sulfide) groups is 1. The van der Waals surface area contributed by atoms with E-state index in [4.69, 9.17) is 27.9 Å². The Morgan fingerprint density at radius 2 is 1.84 bits per heavy atom. The zero-order valence-corrected chi connectivity index (χ0v) is 18.6. The number of nitrogens with zero attached hydrogens (tertiary/aromatic N) is 1. The first kappa shape index (κ1) is 21.4. The highest BCUT2D eigenvalue weighted by molar-refractivity contribution is 8.18. The van der Waals surface area contributed by atoms with E-state index in [1.165, 1.54) is 6.92 Å². The van der Waals surface area contributed by atoms with Gasteiger partial charge < -0.3 is 10.1 Å². The van der Waals surface area contributed by atoms with E-state index < -0.39 is 5.91 Å². The number of benzene rings is 3. The van der Waals surface area contributed by atoms with Gasteiger partial charge in [-0.05, 0) is 51.9 Å². The molecule has 0 aromatic heterocycles. The molecule has 0 atom stereocenters. The zero-order chi connectivity index (χ0) is 22.0. The molecule has 1 N–H and O–H groups in total. The molecule has 31 heavy (non-hydrogen) atoms. The standard InChI is InChI=1S/C23H16Cl2N2O3S/c1-13(28)26-23-27-22(29)20(31-23)11-14-9-18(24)21(19(25)10-14)30-12-16-7-4-6-15-5-2-3-8-17(15)16/h2-11H,12H2,1H3,(H,26,27,28,29)/b20-11+. The molecule has 0 bridgehead atoms. The van der Waals surface area contributed by atoms with Crippen LogP contribution < -0.4 is 10.1 Å². The van der Waals surface area contributed by atoms with Gasteiger partial charge in [-0.3, -0.25) is 9.59 Å². The monoisotopic (exact) mass is 470 g/mol. The van der Waals surface area contributed by atoms with E-state index in [1.54, 1.807) is 18.2 Å². The summed E-state index contributed by atoms with van der Waals surface area (Å²) < 4.78 is 5.94. The Kier molecular flexibility index (Phi) is 6.32. The number of aliphatic imine (C=N–C) groups is 1. The van der Waals surface area contributed by atoms with Crippen molar-refractivity contribution in [2.45, 2.75) is 13.5 Å². The predicted octanol–water partition coefficient (Wildman–Crippen LogP) is 5.83. The number of hydrogen-bond donors (Lipinski definition) is 1. The van der Waals surface area contributed by atoms with Gasteiger partial charge in [0.05, 0.1) is 15.0 Å². The molecular formula is C23H16Cl2N2O3S. The molecular weight excluding hydrogens is 455 g/mol. The number of halogens is 2. The van der Waals surface area contributed by atoms with E-state index in [-0.39, 0.29) is 11.1 Å². The first-order valence-corrected chi connectivity index (χ1v) is 10.9. The fourth-order valence-electron chi connectivity index (χ4n) is 3.13. The molecule has 0 saturated carbocycles. The van der Waals surface area contributed by atoms with Gasteiger partial charge in [0, 0.05) is 6.92 Å². The van der Waals surface area contributed by atoms with Gasteiger partial charge in [0.15, 0.2) is 10.9 Å². The van der Waals surface area contributed by atoms with Crippen molar-refractivity contribution < 1.29 is 14.3 Å². The fourth-order valence-corrected chi connectivity index (χ4v) is 4.61. The maximum absolute atomic E-state index is 12.1. The minimum Gasteiger partial charge on any atom is -0.486 e. The predicted molar refractivity (Wildman–Crippen MR) is 127 cm³/mol. The van der Waals surface area contributed by atoms with E-state index in [9.17, 15) is 9.59 Å². The van der Waals surface area contributed by atoms with Gasteiger partial charge in [-0.25, -0.2) is 0 Å². The van der Waals surface area contributed by atoms with Crippen molar-refractivity contribution in [1.82, 2.24) is 5.32 Å². The molecule has 8 heteroatoms. The lowest BCUT2D eigenvalue weighted by atomic mass is 10.1. The van der Waals surface area contributed by atoms with E-state index in [2.05, 4.69) is 10.3 Å². The number of amidine groups is 1. The van der Waals surface area contributed by atoms with Crippen LogP contribution in [0.15, 0.2) is 64.5 Å². The molecule has 1 heterocycles. The smallest absolute Gasteiger partial charge is 0.286 e. The molecule has 1 aliphatic rings. The molecule has 0 unspecified atom stereocenters. The Hall–Kier alpha value is -2.80. The van der Waals surface area contributed by atoms with Crippen LogP contribution in [-0.2, 0) is 16.2 Å². The molecule has 4 rings (SSSR count). The molecule has 0 fully saturated rings. The zero-order valence-electron chi connectivity index (χ0n) is 16.3. The van der Waals surface area contributed by atoms with Gasteiger partial charge in [0.1, 0.15) is 6.61 Å². The summed E-state index contributed by atoms with van der Waals surface area (Å²) in [4.78, 5) is 27.4. The molecule has 0 radical (unpaired) electrons. The normalized spacial score (nSPS) is 14.7. The summed E-state index contributed by atoms with van der Waals surface area (Å²) in [5.41, 5.74) is 1.65. The number of carbonyl (C=O) groups excluding carboxylic acids is 2. The topological polar surface area (TPSA) is 67.8 Å². The Morgan fingerprint density at radius 3 is 2.58 bits per heavy atom.